The Labute approximate surface area is 182 Å². The number of sulfonamides is 1. The summed E-state index contributed by atoms with van der Waals surface area (Å²) in [5, 5.41) is 3.49. The van der Waals surface area contributed by atoms with E-state index in [-0.39, 0.29) is 9.79 Å². The molecule has 4 aromatic rings. The van der Waals surface area contributed by atoms with Crippen molar-refractivity contribution in [3.05, 3.63) is 95.7 Å². The van der Waals surface area contributed by atoms with Crippen molar-refractivity contribution in [3.8, 4) is 11.2 Å². The average Bonchev–Trinajstić information content (AvgIpc) is 3.21. The highest BCUT2D eigenvalue weighted by molar-refractivity contribution is 8.06. The molecule has 0 fully saturated rings. The van der Waals surface area contributed by atoms with Crippen molar-refractivity contribution in [3.63, 3.8) is 0 Å². The average molecular weight is 450 g/mol. The van der Waals surface area contributed by atoms with Gasteiger partial charge in [-0.05, 0) is 62.4 Å². The molecule has 1 heterocycles. The molecular formula is C24H19NO4S2. The molecule has 31 heavy (non-hydrogen) atoms. The molecule has 7 heteroatoms. The Morgan fingerprint density at radius 1 is 0.774 bits per heavy atom. The van der Waals surface area contributed by atoms with Crippen LogP contribution in [0.4, 0.5) is 0 Å². The molecule has 0 aliphatic carbocycles. The van der Waals surface area contributed by atoms with Crippen LogP contribution in [0.2, 0.25) is 0 Å². The maximum atomic E-state index is 13.8. The molecule has 0 radical (unpaired) electrons. The summed E-state index contributed by atoms with van der Waals surface area (Å²) in [4.78, 5) is 0.213. The first-order valence-corrected chi connectivity index (χ1v) is 12.4. The maximum Gasteiger partial charge on any atom is 0.291 e. The normalized spacial score (nSPS) is 13.2. The van der Waals surface area contributed by atoms with Crippen molar-refractivity contribution >= 4 is 30.7 Å². The van der Waals surface area contributed by atoms with Crippen LogP contribution in [0.3, 0.4) is 0 Å². The van der Waals surface area contributed by atoms with Crippen molar-refractivity contribution in [2.45, 2.75) is 23.6 Å². The van der Waals surface area contributed by atoms with Gasteiger partial charge in [0.2, 0.25) is 0 Å². The second-order valence-electron chi connectivity index (χ2n) is 7.10. The third-order valence-electron chi connectivity index (χ3n) is 4.65. The van der Waals surface area contributed by atoms with Gasteiger partial charge in [-0.2, -0.15) is 8.42 Å². The molecule has 3 aromatic carbocycles. The van der Waals surface area contributed by atoms with Crippen molar-refractivity contribution in [1.82, 2.24) is 0 Å². The van der Waals surface area contributed by atoms with Crippen LogP contribution in [-0.4, -0.2) is 12.6 Å². The molecule has 156 valence electrons. The molecule has 5 nitrogen and oxygen atoms in total. The summed E-state index contributed by atoms with van der Waals surface area (Å²) < 4.78 is 48.8. The summed E-state index contributed by atoms with van der Waals surface area (Å²) in [7, 11) is -7.78. The topological polar surface area (TPSA) is 76.7 Å². The molecule has 0 bridgehead atoms. The Kier molecular flexibility index (Phi) is 5.44. The summed E-state index contributed by atoms with van der Waals surface area (Å²) in [6.45, 7) is 3.74. The predicted octanol–water partition coefficient (Wildman–Crippen LogP) is 5.27. The second-order valence-corrected chi connectivity index (χ2v) is 10.8. The minimum Gasteiger partial charge on any atom is -0.464 e. The lowest BCUT2D eigenvalue weighted by Gasteiger charge is -2.05. The van der Waals surface area contributed by atoms with Gasteiger partial charge in [0, 0.05) is 16.2 Å². The standard InChI is InChI=1S/C24H19NO4S2/c1-18-3-8-22(9-4-18)30(26,25-31(27,28)23-10-5-19(2)6-11-23)16-14-20-7-12-24-21(17-20)13-15-29-24/h3-13,15,17H,1-2H3. The smallest absolute Gasteiger partial charge is 0.291 e. The first-order chi connectivity index (χ1) is 14.7. The largest absolute Gasteiger partial charge is 0.464 e. The molecule has 0 spiro atoms. The minimum absolute atomic E-state index is 0.0282. The number of furan rings is 1. The maximum absolute atomic E-state index is 13.8. The molecule has 0 N–H and O–H groups in total. The second kappa shape index (κ2) is 8.06. The minimum atomic E-state index is -4.19. The van der Waals surface area contributed by atoms with E-state index < -0.39 is 19.8 Å². The Balaban J connectivity index is 1.88. The van der Waals surface area contributed by atoms with E-state index in [0.717, 1.165) is 16.5 Å². The fraction of sp³-hybridized carbons (Fsp3) is 0.0833. The van der Waals surface area contributed by atoms with E-state index in [4.69, 9.17) is 4.42 Å². The van der Waals surface area contributed by atoms with Crippen LogP contribution in [0.25, 0.3) is 11.0 Å². The summed E-state index contributed by atoms with van der Waals surface area (Å²) in [6, 6.07) is 20.0. The molecule has 0 aliphatic rings. The summed E-state index contributed by atoms with van der Waals surface area (Å²) in [6.07, 6.45) is 1.57. The number of rotatable bonds is 3. The first-order valence-electron chi connectivity index (χ1n) is 9.42. The van der Waals surface area contributed by atoms with Crippen LogP contribution in [0.1, 0.15) is 16.7 Å². The molecule has 0 saturated heterocycles. The fourth-order valence-electron chi connectivity index (χ4n) is 2.91. The number of hydrogen-bond acceptors (Lipinski definition) is 4. The van der Waals surface area contributed by atoms with E-state index >= 15 is 0 Å². The molecule has 4 rings (SSSR count). The Hall–Kier alpha value is -3.34. The monoisotopic (exact) mass is 449 g/mol. The summed E-state index contributed by atoms with van der Waals surface area (Å²) in [5.74, 6) is 2.84. The predicted molar refractivity (Wildman–Crippen MR) is 121 cm³/mol. The van der Waals surface area contributed by atoms with Crippen LogP contribution < -0.4 is 0 Å². The van der Waals surface area contributed by atoms with Gasteiger partial charge in [0.15, 0.2) is 9.73 Å². The highest BCUT2D eigenvalue weighted by Crippen LogP contribution is 2.22. The SMILES string of the molecule is Cc1ccc(S(=O)(=O)N=S(=O)(C#Cc2ccc3occc3c2)c2ccc(C)cc2)cc1. The van der Waals surface area contributed by atoms with E-state index in [1.807, 2.05) is 13.8 Å². The van der Waals surface area contributed by atoms with Gasteiger partial charge in [0.1, 0.15) is 5.58 Å². The lowest BCUT2D eigenvalue weighted by Crippen LogP contribution is -2.05. The fourth-order valence-corrected chi connectivity index (χ4v) is 6.21. The van der Waals surface area contributed by atoms with Gasteiger partial charge in [-0.25, -0.2) is 4.21 Å². The molecule has 0 aliphatic heterocycles. The highest BCUT2D eigenvalue weighted by Gasteiger charge is 2.19. The first kappa shape index (κ1) is 20.9. The highest BCUT2D eigenvalue weighted by atomic mass is 32.3. The van der Waals surface area contributed by atoms with Gasteiger partial charge < -0.3 is 4.42 Å². The van der Waals surface area contributed by atoms with Crippen molar-refractivity contribution in [1.29, 1.82) is 0 Å². The van der Waals surface area contributed by atoms with Gasteiger partial charge in [-0.1, -0.05) is 45.1 Å². The van der Waals surface area contributed by atoms with Crippen LogP contribution in [-0.2, 0) is 19.8 Å². The van der Waals surface area contributed by atoms with Crippen LogP contribution >= 0.6 is 0 Å². The number of nitrogens with zero attached hydrogens (tertiary/aromatic N) is 1. The Morgan fingerprint density at radius 2 is 1.39 bits per heavy atom. The lowest BCUT2D eigenvalue weighted by atomic mass is 10.2. The lowest BCUT2D eigenvalue weighted by molar-refractivity contribution is 0.598. The third kappa shape index (κ3) is 4.55. The van der Waals surface area contributed by atoms with Gasteiger partial charge in [0.05, 0.1) is 16.1 Å². The summed E-state index contributed by atoms with van der Waals surface area (Å²) >= 11 is 0. The molecule has 1 unspecified atom stereocenters. The Bertz CT molecular complexity index is 1540. The number of fused-ring (bicyclic) bond motifs is 1. The molecule has 1 aromatic heterocycles. The molecule has 0 amide bonds. The zero-order valence-corrected chi connectivity index (χ0v) is 18.5. The van der Waals surface area contributed by atoms with Gasteiger partial charge in [-0.15, -0.1) is 0 Å². The van der Waals surface area contributed by atoms with Gasteiger partial charge in [-0.3, -0.25) is 0 Å². The van der Waals surface area contributed by atoms with Crippen LogP contribution in [0.5, 0.6) is 0 Å². The van der Waals surface area contributed by atoms with E-state index in [9.17, 15) is 12.6 Å². The zero-order chi connectivity index (χ0) is 22.1. The van der Waals surface area contributed by atoms with Gasteiger partial charge in [0.25, 0.3) is 10.0 Å². The number of hydrogen-bond donors (Lipinski definition) is 0. The van der Waals surface area contributed by atoms with Gasteiger partial charge >= 0.3 is 0 Å². The van der Waals surface area contributed by atoms with Crippen molar-refractivity contribution in [2.24, 2.45) is 3.77 Å². The quantitative estimate of drug-likeness (QED) is 0.399. The third-order valence-corrected chi connectivity index (χ3v) is 8.43. The Morgan fingerprint density at radius 3 is 2.03 bits per heavy atom. The van der Waals surface area contributed by atoms with Crippen molar-refractivity contribution in [2.75, 3.05) is 0 Å². The van der Waals surface area contributed by atoms with Crippen LogP contribution in [0.15, 0.2) is 97.0 Å². The summed E-state index contributed by atoms with van der Waals surface area (Å²) in [5.41, 5.74) is 3.14. The van der Waals surface area contributed by atoms with E-state index in [1.165, 1.54) is 12.1 Å². The van der Waals surface area contributed by atoms with Crippen LogP contribution in [0, 0.1) is 25.0 Å². The molecule has 0 saturated carbocycles. The number of benzene rings is 3. The zero-order valence-electron chi connectivity index (χ0n) is 16.9. The van der Waals surface area contributed by atoms with E-state index in [0.29, 0.717) is 11.1 Å². The van der Waals surface area contributed by atoms with E-state index in [2.05, 4.69) is 14.9 Å². The molecule has 1 atom stereocenters. The molecular weight excluding hydrogens is 430 g/mol. The number of aryl methyl sites for hydroxylation is 2. The van der Waals surface area contributed by atoms with E-state index in [1.54, 1.807) is 66.9 Å². The van der Waals surface area contributed by atoms with Crippen molar-refractivity contribution < 1.29 is 17.0 Å².